The Morgan fingerprint density at radius 1 is 0.958 bits per heavy atom. The molecule has 0 bridgehead atoms. The molecule has 0 aromatic heterocycles. The lowest BCUT2D eigenvalue weighted by Crippen LogP contribution is -2.48. The van der Waals surface area contributed by atoms with Crippen LogP contribution in [0.25, 0.3) is 0 Å². The fourth-order valence-electron chi connectivity index (χ4n) is 2.83. The quantitative estimate of drug-likeness (QED) is 0.840. The van der Waals surface area contributed by atoms with E-state index in [9.17, 15) is 4.79 Å². The van der Waals surface area contributed by atoms with Crippen molar-refractivity contribution < 1.29 is 4.79 Å². The van der Waals surface area contributed by atoms with Crippen LogP contribution in [0.3, 0.4) is 0 Å². The van der Waals surface area contributed by atoms with Crippen molar-refractivity contribution in [2.24, 2.45) is 5.73 Å². The number of hydrogen-bond donors (Lipinski definition) is 2. The van der Waals surface area contributed by atoms with E-state index in [0.717, 1.165) is 43.1 Å². The van der Waals surface area contributed by atoms with Crippen molar-refractivity contribution in [3.63, 3.8) is 0 Å². The number of nitrogens with two attached hydrogens (primary N) is 1. The third-order valence-electron chi connectivity index (χ3n) is 4.09. The van der Waals surface area contributed by atoms with Crippen molar-refractivity contribution in [3.05, 3.63) is 60.2 Å². The number of carbonyl (C=O) groups is 1. The molecule has 1 aliphatic heterocycles. The second kappa shape index (κ2) is 7.31. The van der Waals surface area contributed by atoms with Gasteiger partial charge in [0.2, 0.25) is 0 Å². The number of carbonyl (C=O) groups excluding carboxylic acids is 1. The SMILES string of the molecule is NC(=S)Nc1ccc(N2CCN(C(=O)c3ccccc3)CC2)cc1. The number of nitrogens with zero attached hydrogens (tertiary/aromatic N) is 2. The predicted molar refractivity (Wildman–Crippen MR) is 101 cm³/mol. The molecule has 1 saturated heterocycles. The van der Waals surface area contributed by atoms with Crippen LogP contribution < -0.4 is 16.0 Å². The Hall–Kier alpha value is -2.60. The Morgan fingerprint density at radius 2 is 1.58 bits per heavy atom. The molecule has 0 spiro atoms. The van der Waals surface area contributed by atoms with Crippen molar-refractivity contribution >= 4 is 34.6 Å². The fourth-order valence-corrected chi connectivity index (χ4v) is 2.95. The van der Waals surface area contributed by atoms with Gasteiger partial charge < -0.3 is 20.9 Å². The van der Waals surface area contributed by atoms with Gasteiger partial charge in [-0.05, 0) is 48.6 Å². The summed E-state index contributed by atoms with van der Waals surface area (Å²) in [6, 6.07) is 17.4. The summed E-state index contributed by atoms with van der Waals surface area (Å²) in [6.07, 6.45) is 0. The summed E-state index contributed by atoms with van der Waals surface area (Å²) in [5.41, 5.74) is 8.23. The van der Waals surface area contributed by atoms with E-state index in [-0.39, 0.29) is 11.0 Å². The minimum absolute atomic E-state index is 0.103. The van der Waals surface area contributed by atoms with Gasteiger partial charge in [0.15, 0.2) is 5.11 Å². The Morgan fingerprint density at radius 3 is 2.17 bits per heavy atom. The van der Waals surface area contributed by atoms with Crippen LogP contribution >= 0.6 is 12.2 Å². The van der Waals surface area contributed by atoms with Crippen LogP contribution in [-0.2, 0) is 0 Å². The molecule has 24 heavy (non-hydrogen) atoms. The molecule has 2 aromatic rings. The Labute approximate surface area is 147 Å². The minimum atomic E-state index is 0.103. The molecule has 0 unspecified atom stereocenters. The van der Waals surface area contributed by atoms with E-state index in [1.165, 1.54) is 0 Å². The molecular weight excluding hydrogens is 320 g/mol. The Balaban J connectivity index is 1.59. The zero-order chi connectivity index (χ0) is 16.9. The first-order valence-electron chi connectivity index (χ1n) is 7.89. The molecule has 1 fully saturated rings. The summed E-state index contributed by atoms with van der Waals surface area (Å²) in [6.45, 7) is 3.09. The third-order valence-corrected chi connectivity index (χ3v) is 4.19. The zero-order valence-electron chi connectivity index (χ0n) is 13.3. The molecule has 6 heteroatoms. The van der Waals surface area contributed by atoms with Gasteiger partial charge in [-0.1, -0.05) is 18.2 Å². The summed E-state index contributed by atoms with van der Waals surface area (Å²) < 4.78 is 0. The molecule has 3 N–H and O–H groups in total. The monoisotopic (exact) mass is 340 g/mol. The van der Waals surface area contributed by atoms with Crippen LogP contribution in [0.5, 0.6) is 0 Å². The van der Waals surface area contributed by atoms with Crippen LogP contribution in [0, 0.1) is 0 Å². The Kier molecular flexibility index (Phi) is 4.96. The molecule has 0 atom stereocenters. The van der Waals surface area contributed by atoms with E-state index in [4.69, 9.17) is 18.0 Å². The summed E-state index contributed by atoms with van der Waals surface area (Å²) in [7, 11) is 0. The number of amides is 1. The average molecular weight is 340 g/mol. The van der Waals surface area contributed by atoms with Crippen molar-refractivity contribution in [3.8, 4) is 0 Å². The number of anilines is 2. The van der Waals surface area contributed by atoms with Crippen molar-refractivity contribution in [2.45, 2.75) is 0 Å². The molecule has 1 aliphatic rings. The maximum Gasteiger partial charge on any atom is 0.253 e. The Bertz CT molecular complexity index is 710. The van der Waals surface area contributed by atoms with Crippen LogP contribution in [0.2, 0.25) is 0 Å². The lowest BCUT2D eigenvalue weighted by atomic mass is 10.1. The van der Waals surface area contributed by atoms with Gasteiger partial charge in [-0.25, -0.2) is 0 Å². The first-order chi connectivity index (χ1) is 11.6. The number of rotatable bonds is 3. The first-order valence-corrected chi connectivity index (χ1v) is 8.30. The number of benzene rings is 2. The van der Waals surface area contributed by atoms with Crippen molar-refractivity contribution in [1.82, 2.24) is 4.90 Å². The molecule has 2 aromatic carbocycles. The van der Waals surface area contributed by atoms with Crippen LogP contribution in [-0.4, -0.2) is 42.1 Å². The van der Waals surface area contributed by atoms with Gasteiger partial charge >= 0.3 is 0 Å². The normalized spacial score (nSPS) is 14.3. The van der Waals surface area contributed by atoms with Gasteiger partial charge in [-0.2, -0.15) is 0 Å². The third kappa shape index (κ3) is 3.83. The maximum atomic E-state index is 12.5. The zero-order valence-corrected chi connectivity index (χ0v) is 14.1. The highest BCUT2D eigenvalue weighted by atomic mass is 32.1. The fraction of sp³-hybridized carbons (Fsp3) is 0.222. The summed E-state index contributed by atoms with van der Waals surface area (Å²) in [4.78, 5) is 16.7. The van der Waals surface area contributed by atoms with Gasteiger partial charge in [-0.15, -0.1) is 0 Å². The lowest BCUT2D eigenvalue weighted by Gasteiger charge is -2.36. The van der Waals surface area contributed by atoms with Gasteiger partial charge in [0.25, 0.3) is 5.91 Å². The molecule has 3 rings (SSSR count). The lowest BCUT2D eigenvalue weighted by molar-refractivity contribution is 0.0747. The molecule has 124 valence electrons. The molecule has 1 amide bonds. The number of nitrogens with one attached hydrogen (secondary N) is 1. The highest BCUT2D eigenvalue weighted by Gasteiger charge is 2.22. The van der Waals surface area contributed by atoms with Crippen LogP contribution in [0.4, 0.5) is 11.4 Å². The summed E-state index contributed by atoms with van der Waals surface area (Å²) in [5.74, 6) is 0.103. The van der Waals surface area contributed by atoms with E-state index >= 15 is 0 Å². The predicted octanol–water partition coefficient (Wildman–Crippen LogP) is 2.30. The molecule has 1 heterocycles. The summed E-state index contributed by atoms with van der Waals surface area (Å²) in [5, 5.41) is 3.17. The average Bonchev–Trinajstić information content (AvgIpc) is 2.62. The van der Waals surface area contributed by atoms with E-state index < -0.39 is 0 Å². The van der Waals surface area contributed by atoms with E-state index in [2.05, 4.69) is 10.2 Å². The standard InChI is InChI=1S/C18H20N4OS/c19-18(24)20-15-6-8-16(9-7-15)21-10-12-22(13-11-21)17(23)14-4-2-1-3-5-14/h1-9H,10-13H2,(H3,19,20,24). The largest absolute Gasteiger partial charge is 0.376 e. The highest BCUT2D eigenvalue weighted by Crippen LogP contribution is 2.20. The van der Waals surface area contributed by atoms with E-state index in [0.29, 0.717) is 0 Å². The van der Waals surface area contributed by atoms with Crippen molar-refractivity contribution in [2.75, 3.05) is 36.4 Å². The van der Waals surface area contributed by atoms with E-state index in [1.807, 2.05) is 59.5 Å². The van der Waals surface area contributed by atoms with Gasteiger partial charge in [0, 0.05) is 43.1 Å². The molecule has 0 aliphatic carbocycles. The second-order valence-corrected chi connectivity index (χ2v) is 6.12. The number of hydrogen-bond acceptors (Lipinski definition) is 3. The molecule has 0 radical (unpaired) electrons. The first kappa shape index (κ1) is 16.3. The number of piperazine rings is 1. The molecule has 5 nitrogen and oxygen atoms in total. The maximum absolute atomic E-state index is 12.5. The van der Waals surface area contributed by atoms with E-state index in [1.54, 1.807) is 0 Å². The van der Waals surface area contributed by atoms with Gasteiger partial charge in [0.1, 0.15) is 0 Å². The smallest absolute Gasteiger partial charge is 0.253 e. The van der Waals surface area contributed by atoms with Crippen molar-refractivity contribution in [1.29, 1.82) is 0 Å². The molecule has 0 saturated carbocycles. The summed E-state index contributed by atoms with van der Waals surface area (Å²) >= 11 is 4.83. The highest BCUT2D eigenvalue weighted by molar-refractivity contribution is 7.80. The molecular formula is C18H20N4OS. The minimum Gasteiger partial charge on any atom is -0.376 e. The number of thiocarbonyl (C=S) groups is 1. The second-order valence-electron chi connectivity index (χ2n) is 5.68. The van der Waals surface area contributed by atoms with Crippen LogP contribution in [0.1, 0.15) is 10.4 Å². The topological polar surface area (TPSA) is 61.6 Å². The van der Waals surface area contributed by atoms with Crippen LogP contribution in [0.15, 0.2) is 54.6 Å². The van der Waals surface area contributed by atoms with Gasteiger partial charge in [-0.3, -0.25) is 4.79 Å². The van der Waals surface area contributed by atoms with Gasteiger partial charge in [0.05, 0.1) is 0 Å².